The molecule has 1 aliphatic rings. The first kappa shape index (κ1) is 32.8. The predicted octanol–water partition coefficient (Wildman–Crippen LogP) is 2.55. The number of aliphatic hydroxyl groups is 2. The lowest BCUT2D eigenvalue weighted by molar-refractivity contribution is -0.167. The molecule has 1 amide bonds. The van der Waals surface area contributed by atoms with Crippen LogP contribution in [0.2, 0.25) is 0 Å². The summed E-state index contributed by atoms with van der Waals surface area (Å²) in [7, 11) is 1.95. The predicted molar refractivity (Wildman–Crippen MR) is 174 cm³/mol. The van der Waals surface area contributed by atoms with E-state index in [0.29, 0.717) is 54.6 Å². The van der Waals surface area contributed by atoms with Gasteiger partial charge in [0.2, 0.25) is 11.2 Å². The molecule has 3 aromatic carbocycles. The summed E-state index contributed by atoms with van der Waals surface area (Å²) in [6.07, 6.45) is 0.911. The number of likely N-dealkylation sites (tertiary alicyclic amines) is 1. The lowest BCUT2D eigenvalue weighted by Gasteiger charge is -2.29. The number of nitrogens with one attached hydrogen (secondary N) is 3. The smallest absolute Gasteiger partial charge is 0.348 e. The minimum Gasteiger partial charge on any atom is -0.506 e. The van der Waals surface area contributed by atoms with E-state index in [-0.39, 0.29) is 40.9 Å². The Morgan fingerprint density at radius 1 is 1.02 bits per heavy atom. The van der Waals surface area contributed by atoms with Crippen LogP contribution in [-0.4, -0.2) is 83.0 Å². The van der Waals surface area contributed by atoms with E-state index >= 15 is 0 Å². The van der Waals surface area contributed by atoms with Crippen molar-refractivity contribution in [1.82, 2.24) is 20.5 Å². The highest BCUT2D eigenvalue weighted by molar-refractivity contribution is 5.95. The van der Waals surface area contributed by atoms with Gasteiger partial charge in [0.05, 0.1) is 11.6 Å². The number of rotatable bonds is 13. The number of phenolic OH excluding ortho intramolecular Hbond substituents is 1. The van der Waals surface area contributed by atoms with Crippen molar-refractivity contribution in [3.63, 3.8) is 0 Å². The van der Waals surface area contributed by atoms with Gasteiger partial charge in [0.1, 0.15) is 11.9 Å². The number of aliphatic hydroxyl groups excluding tert-OH is 1. The molecule has 3 atom stereocenters. The molecule has 242 valence electrons. The van der Waals surface area contributed by atoms with Crippen LogP contribution in [0.3, 0.4) is 0 Å². The molecule has 1 unspecified atom stereocenters. The molecule has 11 nitrogen and oxygen atoms in total. The molecule has 1 saturated heterocycles. The molecule has 1 fully saturated rings. The van der Waals surface area contributed by atoms with E-state index in [1.807, 2.05) is 7.05 Å². The lowest BCUT2D eigenvalue weighted by atomic mass is 9.85. The summed E-state index contributed by atoms with van der Waals surface area (Å²) in [5.41, 5.74) is -0.638. The van der Waals surface area contributed by atoms with Crippen molar-refractivity contribution in [3.8, 4) is 5.75 Å². The zero-order valence-corrected chi connectivity index (χ0v) is 25.7. The van der Waals surface area contributed by atoms with Gasteiger partial charge in [-0.2, -0.15) is 0 Å². The number of hydrogen-bond acceptors (Lipinski definition) is 9. The number of esters is 1. The average molecular weight is 629 g/mol. The zero-order chi connectivity index (χ0) is 32.7. The average Bonchev–Trinajstić information content (AvgIpc) is 3.48. The zero-order valence-electron chi connectivity index (χ0n) is 25.7. The maximum absolute atomic E-state index is 13.5. The Kier molecular flexibility index (Phi) is 10.5. The van der Waals surface area contributed by atoms with Gasteiger partial charge in [-0.3, -0.25) is 9.59 Å². The van der Waals surface area contributed by atoms with Gasteiger partial charge in [-0.15, -0.1) is 0 Å². The van der Waals surface area contributed by atoms with Crippen LogP contribution < -0.4 is 16.2 Å². The quantitative estimate of drug-likeness (QED) is 0.0965. The molecule has 0 radical (unpaired) electrons. The number of fused-ring (bicyclic) bond motifs is 1. The molecule has 4 aromatic rings. The van der Waals surface area contributed by atoms with E-state index in [1.54, 1.807) is 60.7 Å². The topological polar surface area (TPSA) is 164 Å². The van der Waals surface area contributed by atoms with Crippen molar-refractivity contribution in [2.45, 2.75) is 37.1 Å². The number of aromatic amines is 1. The van der Waals surface area contributed by atoms with E-state index in [9.17, 15) is 29.7 Å². The van der Waals surface area contributed by atoms with E-state index < -0.39 is 17.7 Å². The van der Waals surface area contributed by atoms with Gasteiger partial charge in [0, 0.05) is 48.8 Å². The van der Waals surface area contributed by atoms with Crippen LogP contribution in [0.25, 0.3) is 10.9 Å². The fourth-order valence-electron chi connectivity index (χ4n) is 5.77. The normalized spacial score (nSPS) is 17.0. The molecule has 1 aromatic heterocycles. The molecular weight excluding hydrogens is 588 g/mol. The summed E-state index contributed by atoms with van der Waals surface area (Å²) in [6.45, 7) is 2.66. The maximum atomic E-state index is 13.5. The van der Waals surface area contributed by atoms with Crippen LogP contribution in [0.15, 0.2) is 83.7 Å². The Morgan fingerprint density at radius 2 is 1.78 bits per heavy atom. The number of likely N-dealkylation sites (N-methyl/N-ethyl adjacent to an activating group) is 1. The van der Waals surface area contributed by atoms with E-state index in [2.05, 4.69) is 20.5 Å². The van der Waals surface area contributed by atoms with E-state index in [0.717, 1.165) is 13.0 Å². The second kappa shape index (κ2) is 14.7. The van der Waals surface area contributed by atoms with Crippen LogP contribution >= 0.6 is 0 Å². The number of unbranched alkanes of at least 4 members (excludes halogenated alkanes) is 1. The Labute approximate surface area is 266 Å². The van der Waals surface area contributed by atoms with Crippen molar-refractivity contribution in [3.05, 3.63) is 111 Å². The monoisotopic (exact) mass is 628 g/mol. The second-order valence-corrected chi connectivity index (χ2v) is 11.7. The number of phenols is 1. The highest BCUT2D eigenvalue weighted by Gasteiger charge is 2.43. The number of carbonyl (C=O) groups excluding carboxylic acids is 2. The van der Waals surface area contributed by atoms with Crippen LogP contribution in [-0.2, 0) is 15.1 Å². The molecule has 0 aliphatic carbocycles. The SMILES string of the molecule is CN1CCC(OC(=O)[C@@](O)(c2ccccc2)c2cccc(C(=O)NCCCCNC[C@H](O)c3ccc(O)c4[nH]c(=O)ccc34)c2)C1. The highest BCUT2D eigenvalue weighted by Crippen LogP contribution is 2.33. The fraction of sp³-hybridized carbons (Fsp3) is 0.343. The minimum absolute atomic E-state index is 0.0627. The first-order valence-corrected chi connectivity index (χ1v) is 15.5. The van der Waals surface area contributed by atoms with Crippen molar-refractivity contribution < 1.29 is 29.6 Å². The summed E-state index contributed by atoms with van der Waals surface area (Å²) in [5, 5.41) is 39.3. The first-order chi connectivity index (χ1) is 22.2. The molecule has 11 heteroatoms. The van der Waals surface area contributed by atoms with E-state index in [4.69, 9.17) is 4.74 Å². The standard InChI is InChI=1S/C35H40N4O7/c1-39-19-16-26(22-39)46-34(44)35(45,24-9-3-2-4-10-24)25-11-7-8-23(20-25)33(43)37-18-6-5-17-36-21-30(41)27-12-14-29(40)32-28(27)13-15-31(42)38-32/h2-4,7-15,20,26,30,36,40-41,45H,5-6,16-19,21-22H2,1H3,(H,37,43)(H,38,42)/t26?,30-,35+/m0/s1. The van der Waals surface area contributed by atoms with Crippen LogP contribution in [0.5, 0.6) is 5.75 Å². The molecular formula is C35H40N4O7. The highest BCUT2D eigenvalue weighted by atomic mass is 16.6. The van der Waals surface area contributed by atoms with Gasteiger partial charge >= 0.3 is 5.97 Å². The van der Waals surface area contributed by atoms with Crippen molar-refractivity contribution >= 4 is 22.8 Å². The first-order valence-electron chi connectivity index (χ1n) is 15.5. The molecule has 1 aliphatic heterocycles. The Hall–Kier alpha value is -4.55. The molecule has 2 heterocycles. The minimum atomic E-state index is -2.08. The third kappa shape index (κ3) is 7.45. The Bertz CT molecular complexity index is 1730. The lowest BCUT2D eigenvalue weighted by Crippen LogP contribution is -2.41. The van der Waals surface area contributed by atoms with Crippen molar-refractivity contribution in [2.75, 3.05) is 39.8 Å². The van der Waals surface area contributed by atoms with E-state index in [1.165, 1.54) is 18.2 Å². The van der Waals surface area contributed by atoms with Gasteiger partial charge in [-0.05, 0) is 68.2 Å². The van der Waals surface area contributed by atoms with Gasteiger partial charge in [-0.1, -0.05) is 48.5 Å². The van der Waals surface area contributed by atoms with Crippen LogP contribution in [0.4, 0.5) is 0 Å². The number of nitrogens with zero attached hydrogens (tertiary/aromatic N) is 1. The second-order valence-electron chi connectivity index (χ2n) is 11.7. The largest absolute Gasteiger partial charge is 0.506 e. The maximum Gasteiger partial charge on any atom is 0.348 e. The molecule has 6 N–H and O–H groups in total. The fourth-order valence-corrected chi connectivity index (χ4v) is 5.77. The van der Waals surface area contributed by atoms with Gasteiger partial charge < -0.3 is 40.6 Å². The number of pyridine rings is 1. The van der Waals surface area contributed by atoms with Crippen LogP contribution in [0, 0.1) is 0 Å². The molecule has 0 spiro atoms. The van der Waals surface area contributed by atoms with Gasteiger partial charge in [0.25, 0.3) is 5.91 Å². The Morgan fingerprint density at radius 3 is 2.54 bits per heavy atom. The Balaban J connectivity index is 1.13. The molecule has 46 heavy (non-hydrogen) atoms. The number of benzene rings is 3. The molecule has 0 bridgehead atoms. The number of amides is 1. The van der Waals surface area contributed by atoms with Crippen molar-refractivity contribution in [2.24, 2.45) is 0 Å². The van der Waals surface area contributed by atoms with Gasteiger partial charge in [-0.25, -0.2) is 4.79 Å². The number of ether oxygens (including phenoxy) is 1. The summed E-state index contributed by atoms with van der Waals surface area (Å²) >= 11 is 0. The summed E-state index contributed by atoms with van der Waals surface area (Å²) in [5.74, 6) is -1.17. The van der Waals surface area contributed by atoms with Crippen molar-refractivity contribution in [1.29, 1.82) is 0 Å². The summed E-state index contributed by atoms with van der Waals surface area (Å²) in [4.78, 5) is 42.8. The third-order valence-corrected chi connectivity index (χ3v) is 8.32. The third-order valence-electron chi connectivity index (χ3n) is 8.32. The van der Waals surface area contributed by atoms with Crippen LogP contribution in [0.1, 0.15) is 52.4 Å². The summed E-state index contributed by atoms with van der Waals surface area (Å²) < 4.78 is 5.76. The van der Waals surface area contributed by atoms with Gasteiger partial charge in [0.15, 0.2) is 0 Å². The number of aromatic nitrogens is 1. The number of H-pyrrole nitrogens is 1. The summed E-state index contributed by atoms with van der Waals surface area (Å²) in [6, 6.07) is 21.0. The number of carbonyl (C=O) groups is 2. The molecule has 5 rings (SSSR count). The number of hydrogen-bond donors (Lipinski definition) is 6. The molecule has 0 saturated carbocycles. The number of aromatic hydroxyl groups is 1.